The molecule has 0 aliphatic carbocycles. The number of para-hydroxylation sites is 2. The van der Waals surface area contributed by atoms with Crippen molar-refractivity contribution in [3.63, 3.8) is 0 Å². The van der Waals surface area contributed by atoms with Gasteiger partial charge in [0.25, 0.3) is 5.69 Å². The van der Waals surface area contributed by atoms with Crippen LogP contribution in [0.15, 0.2) is 41.5 Å². The summed E-state index contributed by atoms with van der Waals surface area (Å²) in [7, 11) is 1.52. The zero-order valence-corrected chi connectivity index (χ0v) is 14.8. The standard InChI is InChI=1S/C17H18ClN3O4/c1-11(2)25-17-13(18)8-12(9-16(17)24-3)10-19-20-14-6-4-5-7-15(14)21(22)23/h4-11,20H,1-3H3/b19-10-. The summed E-state index contributed by atoms with van der Waals surface area (Å²) in [6.45, 7) is 3.78. The lowest BCUT2D eigenvalue weighted by Crippen LogP contribution is -2.07. The topological polar surface area (TPSA) is 86.0 Å². The van der Waals surface area contributed by atoms with E-state index in [9.17, 15) is 10.1 Å². The second kappa shape index (κ2) is 8.34. The number of nitro groups is 1. The van der Waals surface area contributed by atoms with Crippen LogP contribution in [0.3, 0.4) is 0 Å². The van der Waals surface area contributed by atoms with E-state index in [0.717, 1.165) is 0 Å². The summed E-state index contributed by atoms with van der Waals surface area (Å²) >= 11 is 6.24. The molecule has 0 amide bonds. The van der Waals surface area contributed by atoms with Gasteiger partial charge in [-0.2, -0.15) is 5.10 Å². The first-order valence-electron chi connectivity index (χ1n) is 7.49. The molecule has 0 aromatic heterocycles. The van der Waals surface area contributed by atoms with E-state index in [2.05, 4.69) is 10.5 Å². The molecule has 2 rings (SSSR count). The van der Waals surface area contributed by atoms with Crippen LogP contribution in [0.25, 0.3) is 0 Å². The maximum absolute atomic E-state index is 11.0. The number of hydrazone groups is 1. The number of hydrogen-bond acceptors (Lipinski definition) is 6. The molecule has 8 heteroatoms. The molecule has 0 fully saturated rings. The van der Waals surface area contributed by atoms with E-state index in [1.165, 1.54) is 19.4 Å². The van der Waals surface area contributed by atoms with Crippen LogP contribution in [0.4, 0.5) is 11.4 Å². The number of methoxy groups -OCH3 is 1. The Balaban J connectivity index is 2.22. The Morgan fingerprint density at radius 2 is 2.04 bits per heavy atom. The summed E-state index contributed by atoms with van der Waals surface area (Å²) in [5.41, 5.74) is 3.55. The summed E-state index contributed by atoms with van der Waals surface area (Å²) in [4.78, 5) is 10.5. The minimum absolute atomic E-state index is 0.0498. The summed E-state index contributed by atoms with van der Waals surface area (Å²) in [5.74, 6) is 0.941. The number of nitrogens with zero attached hydrogens (tertiary/aromatic N) is 2. The van der Waals surface area contributed by atoms with Gasteiger partial charge in [0.1, 0.15) is 5.69 Å². The molecule has 0 heterocycles. The van der Waals surface area contributed by atoms with Crippen LogP contribution in [0.2, 0.25) is 5.02 Å². The van der Waals surface area contributed by atoms with Gasteiger partial charge >= 0.3 is 0 Å². The van der Waals surface area contributed by atoms with Crippen molar-refractivity contribution in [3.8, 4) is 11.5 Å². The Kier molecular flexibility index (Phi) is 6.19. The molecule has 0 aliphatic rings. The van der Waals surface area contributed by atoms with Gasteiger partial charge in [-0.15, -0.1) is 0 Å². The third-order valence-corrected chi connectivity index (χ3v) is 3.39. The molecular formula is C17H18ClN3O4. The number of rotatable bonds is 7. The summed E-state index contributed by atoms with van der Waals surface area (Å²) in [5, 5.41) is 15.4. The van der Waals surface area contributed by atoms with E-state index in [1.807, 2.05) is 13.8 Å². The van der Waals surface area contributed by atoms with Gasteiger partial charge in [0.05, 0.1) is 29.4 Å². The molecule has 0 saturated carbocycles. The number of nitro benzene ring substituents is 1. The third-order valence-electron chi connectivity index (χ3n) is 3.10. The number of halogens is 1. The van der Waals surface area contributed by atoms with Crippen LogP contribution in [-0.2, 0) is 0 Å². The fraction of sp³-hybridized carbons (Fsp3) is 0.235. The van der Waals surface area contributed by atoms with E-state index >= 15 is 0 Å². The second-order valence-corrected chi connectivity index (χ2v) is 5.75. The summed E-state index contributed by atoms with van der Waals surface area (Å²) < 4.78 is 10.9. The molecule has 1 N–H and O–H groups in total. The van der Waals surface area contributed by atoms with Crippen molar-refractivity contribution in [1.29, 1.82) is 0 Å². The van der Waals surface area contributed by atoms with Crippen LogP contribution in [0.1, 0.15) is 19.4 Å². The summed E-state index contributed by atoms with van der Waals surface area (Å²) in [6, 6.07) is 9.63. The highest BCUT2D eigenvalue weighted by Gasteiger charge is 2.13. The predicted molar refractivity (Wildman–Crippen MR) is 98.1 cm³/mol. The Bertz CT molecular complexity index is 793. The molecule has 0 spiro atoms. The van der Waals surface area contributed by atoms with Gasteiger partial charge in [-0.25, -0.2) is 0 Å². The smallest absolute Gasteiger partial charge is 0.294 e. The quantitative estimate of drug-likeness (QED) is 0.445. The fourth-order valence-corrected chi connectivity index (χ4v) is 2.33. The van der Waals surface area contributed by atoms with Crippen LogP contribution in [0, 0.1) is 10.1 Å². The average molecular weight is 364 g/mol. The predicted octanol–water partition coefficient (Wildman–Crippen LogP) is 4.49. The van der Waals surface area contributed by atoms with Crippen molar-refractivity contribution in [2.45, 2.75) is 20.0 Å². The van der Waals surface area contributed by atoms with Gasteiger partial charge in [0.15, 0.2) is 11.5 Å². The molecule has 0 radical (unpaired) electrons. The fourth-order valence-electron chi connectivity index (χ4n) is 2.07. The van der Waals surface area contributed by atoms with Crippen LogP contribution in [0.5, 0.6) is 11.5 Å². The van der Waals surface area contributed by atoms with Gasteiger partial charge in [-0.3, -0.25) is 15.5 Å². The van der Waals surface area contributed by atoms with E-state index in [1.54, 1.807) is 30.3 Å². The van der Waals surface area contributed by atoms with E-state index < -0.39 is 4.92 Å². The Hall–Kier alpha value is -2.80. The van der Waals surface area contributed by atoms with Crippen molar-refractivity contribution in [3.05, 3.63) is 57.1 Å². The Morgan fingerprint density at radius 3 is 2.68 bits per heavy atom. The van der Waals surface area contributed by atoms with E-state index in [-0.39, 0.29) is 11.8 Å². The minimum Gasteiger partial charge on any atom is -0.493 e. The number of benzene rings is 2. The summed E-state index contributed by atoms with van der Waals surface area (Å²) in [6.07, 6.45) is 1.44. The van der Waals surface area contributed by atoms with Crippen molar-refractivity contribution < 1.29 is 14.4 Å². The van der Waals surface area contributed by atoms with Crippen LogP contribution in [-0.4, -0.2) is 24.4 Å². The normalized spacial score (nSPS) is 10.9. The lowest BCUT2D eigenvalue weighted by atomic mass is 10.2. The number of ether oxygens (including phenoxy) is 2. The third kappa shape index (κ3) is 4.84. The highest BCUT2D eigenvalue weighted by atomic mass is 35.5. The van der Waals surface area contributed by atoms with Gasteiger partial charge < -0.3 is 9.47 Å². The Labute approximate surface area is 150 Å². The van der Waals surface area contributed by atoms with Gasteiger partial charge in [-0.05, 0) is 37.6 Å². The van der Waals surface area contributed by atoms with Gasteiger partial charge in [-0.1, -0.05) is 23.7 Å². The number of anilines is 1. The van der Waals surface area contributed by atoms with Crippen molar-refractivity contribution in [2.24, 2.45) is 5.10 Å². The lowest BCUT2D eigenvalue weighted by molar-refractivity contribution is -0.384. The highest BCUT2D eigenvalue weighted by molar-refractivity contribution is 6.32. The second-order valence-electron chi connectivity index (χ2n) is 5.34. The maximum Gasteiger partial charge on any atom is 0.294 e. The van der Waals surface area contributed by atoms with E-state index in [4.69, 9.17) is 21.1 Å². The molecule has 0 unspecified atom stereocenters. The zero-order valence-electron chi connectivity index (χ0n) is 14.0. The molecule has 0 atom stereocenters. The van der Waals surface area contributed by atoms with Crippen LogP contribution < -0.4 is 14.9 Å². The monoisotopic (exact) mass is 363 g/mol. The lowest BCUT2D eigenvalue weighted by Gasteiger charge is -2.15. The van der Waals surface area contributed by atoms with Gasteiger partial charge in [0, 0.05) is 6.07 Å². The molecular weight excluding hydrogens is 346 g/mol. The molecule has 2 aromatic rings. The minimum atomic E-state index is -0.476. The van der Waals surface area contributed by atoms with Gasteiger partial charge in [0.2, 0.25) is 0 Å². The molecule has 0 bridgehead atoms. The Morgan fingerprint density at radius 1 is 1.32 bits per heavy atom. The van der Waals surface area contributed by atoms with Crippen molar-refractivity contribution in [2.75, 3.05) is 12.5 Å². The molecule has 0 aliphatic heterocycles. The van der Waals surface area contributed by atoms with Crippen LogP contribution >= 0.6 is 11.6 Å². The first-order valence-corrected chi connectivity index (χ1v) is 7.87. The molecule has 132 valence electrons. The maximum atomic E-state index is 11.0. The first kappa shape index (κ1) is 18.5. The molecule has 0 saturated heterocycles. The van der Waals surface area contributed by atoms with Crippen molar-refractivity contribution >= 4 is 29.2 Å². The number of hydrogen-bond donors (Lipinski definition) is 1. The molecule has 25 heavy (non-hydrogen) atoms. The highest BCUT2D eigenvalue weighted by Crippen LogP contribution is 2.36. The SMILES string of the molecule is COc1cc(/C=N\Nc2ccccc2[N+](=O)[O-])cc(Cl)c1OC(C)C. The number of nitrogens with one attached hydrogen (secondary N) is 1. The first-order chi connectivity index (χ1) is 11.9. The molecule has 7 nitrogen and oxygen atoms in total. The van der Waals surface area contributed by atoms with Crippen molar-refractivity contribution in [1.82, 2.24) is 0 Å². The largest absolute Gasteiger partial charge is 0.493 e. The average Bonchev–Trinajstić information content (AvgIpc) is 2.57. The zero-order chi connectivity index (χ0) is 18.4. The van der Waals surface area contributed by atoms with E-state index in [0.29, 0.717) is 27.8 Å². The molecule has 2 aromatic carbocycles.